The van der Waals surface area contributed by atoms with Gasteiger partial charge < -0.3 is 20.5 Å². The number of aromatic nitrogens is 2. The molecule has 2 aromatic rings. The van der Waals surface area contributed by atoms with Gasteiger partial charge in [-0.05, 0) is 24.6 Å². The monoisotopic (exact) mass is 423 g/mol. The molecule has 1 aromatic carbocycles. The number of ether oxygens (including phenoxy) is 2. The number of nitriles is 1. The zero-order valence-electron chi connectivity index (χ0n) is 15.8. The van der Waals surface area contributed by atoms with Gasteiger partial charge in [-0.15, -0.1) is 5.10 Å². The highest BCUT2D eigenvalue weighted by Crippen LogP contribution is 2.40. The zero-order chi connectivity index (χ0) is 22.3. The lowest BCUT2D eigenvalue weighted by Gasteiger charge is -2.41. The second kappa shape index (κ2) is 7.34. The maximum Gasteiger partial charge on any atom is 0.432 e. The molecule has 30 heavy (non-hydrogen) atoms. The van der Waals surface area contributed by atoms with Crippen molar-refractivity contribution in [1.29, 1.82) is 5.26 Å². The van der Waals surface area contributed by atoms with Gasteiger partial charge in [-0.2, -0.15) is 18.4 Å². The number of carbonyl (C=O) groups excluding carboxylic acids is 2. The fourth-order valence-corrected chi connectivity index (χ4v) is 2.96. The van der Waals surface area contributed by atoms with E-state index in [1.807, 2.05) is 6.07 Å². The molecule has 3 rings (SSSR count). The van der Waals surface area contributed by atoms with E-state index in [1.54, 1.807) is 6.92 Å². The van der Waals surface area contributed by atoms with E-state index in [2.05, 4.69) is 15.2 Å². The van der Waals surface area contributed by atoms with E-state index in [1.165, 1.54) is 19.2 Å². The van der Waals surface area contributed by atoms with Gasteiger partial charge >= 0.3 is 6.18 Å². The van der Waals surface area contributed by atoms with E-state index in [9.17, 15) is 28.0 Å². The zero-order valence-corrected chi connectivity index (χ0v) is 15.8. The Hall–Kier alpha value is -3.59. The fraction of sp³-hybridized carbons (Fsp3) is 0.333. The quantitative estimate of drug-likeness (QED) is 0.743. The molecule has 0 unspecified atom stereocenters. The van der Waals surface area contributed by atoms with E-state index in [0.29, 0.717) is 5.56 Å². The molecule has 1 saturated heterocycles. The van der Waals surface area contributed by atoms with Gasteiger partial charge in [0, 0.05) is 13.1 Å². The number of nitrogens with one attached hydrogen (secondary N) is 1. The van der Waals surface area contributed by atoms with Crippen LogP contribution in [0.1, 0.15) is 32.0 Å². The summed E-state index contributed by atoms with van der Waals surface area (Å²) in [4.78, 5) is 24.3. The summed E-state index contributed by atoms with van der Waals surface area (Å²) in [5.74, 6) is -2.12. The van der Waals surface area contributed by atoms with Gasteiger partial charge in [0.05, 0.1) is 36.1 Å². The molecule has 2 heterocycles. The number of nitrogens with two attached hydrogens (primary N) is 1. The molecule has 2 amide bonds. The van der Waals surface area contributed by atoms with E-state index < -0.39 is 42.7 Å². The number of alkyl halides is 3. The van der Waals surface area contributed by atoms with Crippen molar-refractivity contribution in [2.45, 2.75) is 18.7 Å². The maximum atomic E-state index is 13.4. The lowest BCUT2D eigenvalue weighted by Crippen LogP contribution is -2.64. The summed E-state index contributed by atoms with van der Waals surface area (Å²) in [6, 6.07) is 5.57. The highest BCUT2D eigenvalue weighted by atomic mass is 19.4. The molecule has 1 aliphatic rings. The number of aryl methyl sites for hydroxylation is 1. The molecule has 0 radical (unpaired) electrons. The Kier molecular flexibility index (Phi) is 5.17. The fourth-order valence-electron chi connectivity index (χ4n) is 2.96. The molecular weight excluding hydrogens is 407 g/mol. The molecule has 3 N–H and O–H groups in total. The molecule has 158 valence electrons. The Morgan fingerprint density at radius 2 is 2.03 bits per heavy atom. The Morgan fingerprint density at radius 1 is 1.37 bits per heavy atom. The SMILES string of the molecule is CNC(=O)c1cc(C#N)cc(C)c1-n1nc(OC2(C(F)(F)F)COC2)cc1C(N)=O. The van der Waals surface area contributed by atoms with Crippen molar-refractivity contribution >= 4 is 11.8 Å². The summed E-state index contributed by atoms with van der Waals surface area (Å²) < 4.78 is 50.8. The van der Waals surface area contributed by atoms with Gasteiger partial charge in [-0.1, -0.05) is 0 Å². The molecule has 0 spiro atoms. The first-order valence-corrected chi connectivity index (χ1v) is 8.53. The maximum absolute atomic E-state index is 13.4. The average Bonchev–Trinajstić information content (AvgIpc) is 3.05. The molecule has 0 aliphatic carbocycles. The summed E-state index contributed by atoms with van der Waals surface area (Å²) >= 11 is 0. The minimum absolute atomic E-state index is 0.0243. The lowest BCUT2D eigenvalue weighted by atomic mass is 10.0. The van der Waals surface area contributed by atoms with E-state index in [-0.39, 0.29) is 22.5 Å². The highest BCUT2D eigenvalue weighted by molar-refractivity contribution is 5.99. The van der Waals surface area contributed by atoms with Crippen LogP contribution in [0.25, 0.3) is 5.69 Å². The smallest absolute Gasteiger partial charge is 0.432 e. The third-order valence-electron chi connectivity index (χ3n) is 4.54. The Bertz CT molecular complexity index is 1070. The minimum atomic E-state index is -4.74. The lowest BCUT2D eigenvalue weighted by molar-refractivity contribution is -0.323. The molecule has 0 atom stereocenters. The molecular formula is C18H16F3N5O4. The van der Waals surface area contributed by atoms with Crippen molar-refractivity contribution in [1.82, 2.24) is 15.1 Å². The Balaban J connectivity index is 2.17. The van der Waals surface area contributed by atoms with Gasteiger partial charge in [0.25, 0.3) is 17.4 Å². The van der Waals surface area contributed by atoms with Crippen LogP contribution in [0.5, 0.6) is 5.88 Å². The number of halogens is 3. The van der Waals surface area contributed by atoms with Crippen molar-refractivity contribution < 1.29 is 32.2 Å². The van der Waals surface area contributed by atoms with Crippen LogP contribution in [0.2, 0.25) is 0 Å². The normalized spacial score (nSPS) is 15.1. The molecule has 1 aliphatic heterocycles. The number of rotatable bonds is 5. The summed E-state index contributed by atoms with van der Waals surface area (Å²) in [6.45, 7) is 0.0931. The Morgan fingerprint density at radius 3 is 2.50 bits per heavy atom. The van der Waals surface area contributed by atoms with Crippen LogP contribution in [0, 0.1) is 18.3 Å². The number of carbonyl (C=O) groups is 2. The van der Waals surface area contributed by atoms with Gasteiger partial charge in [-0.25, -0.2) is 4.68 Å². The van der Waals surface area contributed by atoms with Crippen LogP contribution in [0.3, 0.4) is 0 Å². The highest BCUT2D eigenvalue weighted by Gasteiger charge is 2.63. The minimum Gasteiger partial charge on any atom is -0.455 e. The van der Waals surface area contributed by atoms with Crippen molar-refractivity contribution in [3.8, 4) is 17.6 Å². The van der Waals surface area contributed by atoms with Crippen LogP contribution < -0.4 is 15.8 Å². The molecule has 1 fully saturated rings. The number of amides is 2. The van der Waals surface area contributed by atoms with Gasteiger partial charge in [0.15, 0.2) is 0 Å². The summed E-state index contributed by atoms with van der Waals surface area (Å²) in [5.41, 5.74) is 3.05. The van der Waals surface area contributed by atoms with Crippen LogP contribution in [0.4, 0.5) is 13.2 Å². The number of primary amides is 1. The number of benzene rings is 1. The average molecular weight is 423 g/mol. The first kappa shape index (κ1) is 21.1. The molecule has 9 nitrogen and oxygen atoms in total. The molecule has 0 saturated carbocycles. The number of hydrogen-bond acceptors (Lipinski definition) is 6. The van der Waals surface area contributed by atoms with E-state index >= 15 is 0 Å². The van der Waals surface area contributed by atoms with Crippen molar-refractivity contribution in [2.24, 2.45) is 5.73 Å². The summed E-state index contributed by atoms with van der Waals surface area (Å²) in [7, 11) is 1.36. The standard InChI is InChI=1S/C18H16F3N5O4/c1-9-3-10(6-22)4-11(16(28)24-2)14(9)26-12(15(23)27)5-13(25-26)30-17(7-29-8-17)18(19,20)21/h3-5H,7-8H2,1-2H3,(H2,23,27)(H,24,28). The predicted molar refractivity (Wildman–Crippen MR) is 95.2 cm³/mol. The van der Waals surface area contributed by atoms with E-state index in [4.69, 9.17) is 10.5 Å². The largest absolute Gasteiger partial charge is 0.455 e. The molecule has 12 heteroatoms. The van der Waals surface area contributed by atoms with E-state index in [0.717, 1.165) is 10.7 Å². The number of nitrogens with zero attached hydrogens (tertiary/aromatic N) is 3. The van der Waals surface area contributed by atoms with Gasteiger partial charge in [0.2, 0.25) is 5.88 Å². The summed E-state index contributed by atoms with van der Waals surface area (Å²) in [5, 5.41) is 15.5. The topological polar surface area (TPSA) is 132 Å². The van der Waals surface area contributed by atoms with Crippen LogP contribution in [-0.4, -0.2) is 53.6 Å². The van der Waals surface area contributed by atoms with Crippen LogP contribution in [0.15, 0.2) is 18.2 Å². The van der Waals surface area contributed by atoms with Crippen molar-refractivity contribution in [2.75, 3.05) is 20.3 Å². The van der Waals surface area contributed by atoms with Crippen molar-refractivity contribution in [3.05, 3.63) is 40.6 Å². The summed E-state index contributed by atoms with van der Waals surface area (Å²) in [6.07, 6.45) is -4.74. The first-order valence-electron chi connectivity index (χ1n) is 8.53. The van der Waals surface area contributed by atoms with Crippen molar-refractivity contribution in [3.63, 3.8) is 0 Å². The second-order valence-corrected chi connectivity index (χ2v) is 6.61. The third kappa shape index (κ3) is 3.43. The van der Waals surface area contributed by atoms with Crippen LogP contribution >= 0.6 is 0 Å². The first-order chi connectivity index (χ1) is 14.0. The van der Waals surface area contributed by atoms with Gasteiger partial charge in [-0.3, -0.25) is 9.59 Å². The second-order valence-electron chi connectivity index (χ2n) is 6.61. The predicted octanol–water partition coefficient (Wildman–Crippen LogP) is 1.22. The molecule has 1 aromatic heterocycles. The Labute approximate surface area is 168 Å². The third-order valence-corrected chi connectivity index (χ3v) is 4.54. The van der Waals surface area contributed by atoms with Gasteiger partial charge in [0.1, 0.15) is 5.69 Å². The van der Waals surface area contributed by atoms with Crippen LogP contribution in [-0.2, 0) is 4.74 Å². The molecule has 0 bridgehead atoms. The number of hydrogen-bond donors (Lipinski definition) is 2.